The summed E-state index contributed by atoms with van der Waals surface area (Å²) in [5.41, 5.74) is 4.18. The number of amides is 1. The molecule has 7 heteroatoms. The van der Waals surface area contributed by atoms with Gasteiger partial charge in [-0.1, -0.05) is 13.8 Å². The fraction of sp³-hybridized carbons (Fsp3) is 0.571. The Morgan fingerprint density at radius 2 is 1.90 bits per heavy atom. The molecule has 0 saturated heterocycles. The third kappa shape index (κ3) is 4.34. The Bertz CT molecular complexity index is 515. The van der Waals surface area contributed by atoms with Crippen molar-refractivity contribution < 1.29 is 18.0 Å². The van der Waals surface area contributed by atoms with Crippen LogP contribution in [0.1, 0.15) is 43.2 Å². The number of primary amides is 1. The highest BCUT2D eigenvalue weighted by Gasteiger charge is 2.34. The minimum Gasteiger partial charge on any atom is -0.365 e. The van der Waals surface area contributed by atoms with E-state index in [9.17, 15) is 18.0 Å². The molecule has 0 fully saturated rings. The molecule has 0 bridgehead atoms. The third-order valence-corrected chi connectivity index (χ3v) is 3.24. The van der Waals surface area contributed by atoms with Crippen molar-refractivity contribution in [2.45, 2.75) is 39.4 Å². The Labute approximate surface area is 122 Å². The SMILES string of the molecule is CC(C)CC(C)N(C)c1nc(C(F)(F)F)ccc1C(N)=O. The molecule has 1 aromatic rings. The molecule has 21 heavy (non-hydrogen) atoms. The van der Waals surface area contributed by atoms with E-state index in [4.69, 9.17) is 5.73 Å². The zero-order valence-corrected chi connectivity index (χ0v) is 12.5. The number of halogens is 3. The van der Waals surface area contributed by atoms with Crippen LogP contribution < -0.4 is 10.6 Å². The standard InChI is InChI=1S/C14H20F3N3O/c1-8(2)7-9(3)20(4)13-10(12(18)21)5-6-11(19-13)14(15,16)17/h5-6,8-9H,7H2,1-4H3,(H2,18,21). The Kier molecular flexibility index (Phi) is 5.20. The van der Waals surface area contributed by atoms with E-state index < -0.39 is 17.8 Å². The second-order valence-electron chi connectivity index (χ2n) is 5.52. The van der Waals surface area contributed by atoms with Crippen molar-refractivity contribution in [2.24, 2.45) is 11.7 Å². The quantitative estimate of drug-likeness (QED) is 0.909. The number of hydrogen-bond acceptors (Lipinski definition) is 3. The zero-order chi connectivity index (χ0) is 16.4. The van der Waals surface area contributed by atoms with E-state index in [1.54, 1.807) is 11.9 Å². The number of nitrogens with two attached hydrogens (primary N) is 1. The number of pyridine rings is 1. The Balaban J connectivity index is 3.26. The number of carbonyl (C=O) groups excluding carboxylic acids is 1. The van der Waals surface area contributed by atoms with Crippen molar-refractivity contribution in [2.75, 3.05) is 11.9 Å². The Morgan fingerprint density at radius 1 is 1.33 bits per heavy atom. The summed E-state index contributed by atoms with van der Waals surface area (Å²) in [6.45, 7) is 5.89. The molecule has 2 N–H and O–H groups in total. The molecular weight excluding hydrogens is 283 g/mol. The van der Waals surface area contributed by atoms with Gasteiger partial charge in [-0.05, 0) is 31.4 Å². The average Bonchev–Trinajstić information content (AvgIpc) is 2.35. The van der Waals surface area contributed by atoms with Crippen molar-refractivity contribution in [1.29, 1.82) is 0 Å². The van der Waals surface area contributed by atoms with Gasteiger partial charge in [0.2, 0.25) is 0 Å². The lowest BCUT2D eigenvalue weighted by molar-refractivity contribution is -0.141. The van der Waals surface area contributed by atoms with Crippen LogP contribution >= 0.6 is 0 Å². The summed E-state index contributed by atoms with van der Waals surface area (Å²) in [4.78, 5) is 16.6. The predicted molar refractivity (Wildman–Crippen MR) is 75.1 cm³/mol. The van der Waals surface area contributed by atoms with Crippen LogP contribution in [-0.2, 0) is 6.18 Å². The van der Waals surface area contributed by atoms with E-state index in [0.717, 1.165) is 18.6 Å². The van der Waals surface area contributed by atoms with E-state index in [0.29, 0.717) is 5.92 Å². The first-order chi connectivity index (χ1) is 9.54. The van der Waals surface area contributed by atoms with Crippen LogP contribution in [0, 0.1) is 5.92 Å². The number of anilines is 1. The lowest BCUT2D eigenvalue weighted by atomic mass is 10.0. The van der Waals surface area contributed by atoms with Gasteiger partial charge in [-0.3, -0.25) is 4.79 Å². The molecule has 1 heterocycles. The van der Waals surface area contributed by atoms with Gasteiger partial charge in [0, 0.05) is 13.1 Å². The topological polar surface area (TPSA) is 59.2 Å². The van der Waals surface area contributed by atoms with E-state index >= 15 is 0 Å². The van der Waals surface area contributed by atoms with E-state index in [1.807, 2.05) is 20.8 Å². The largest absolute Gasteiger partial charge is 0.433 e. The molecular formula is C14H20F3N3O. The zero-order valence-electron chi connectivity index (χ0n) is 12.5. The summed E-state index contributed by atoms with van der Waals surface area (Å²) in [6.07, 6.45) is -3.81. The lowest BCUT2D eigenvalue weighted by Crippen LogP contribution is -2.33. The van der Waals surface area contributed by atoms with Crippen LogP contribution in [0.25, 0.3) is 0 Å². The van der Waals surface area contributed by atoms with Gasteiger partial charge < -0.3 is 10.6 Å². The number of aromatic nitrogens is 1. The first-order valence-electron chi connectivity index (χ1n) is 6.65. The molecule has 118 valence electrons. The summed E-state index contributed by atoms with van der Waals surface area (Å²) >= 11 is 0. The fourth-order valence-electron chi connectivity index (χ4n) is 2.12. The molecule has 0 aliphatic carbocycles. The molecule has 0 saturated carbocycles. The number of rotatable bonds is 5. The van der Waals surface area contributed by atoms with Gasteiger partial charge >= 0.3 is 6.18 Å². The van der Waals surface area contributed by atoms with Crippen LogP contribution in [0.15, 0.2) is 12.1 Å². The molecule has 0 aromatic carbocycles. The smallest absolute Gasteiger partial charge is 0.365 e. The average molecular weight is 303 g/mol. The van der Waals surface area contributed by atoms with Crippen LogP contribution in [0.4, 0.5) is 19.0 Å². The van der Waals surface area contributed by atoms with Gasteiger partial charge in [-0.25, -0.2) is 4.98 Å². The molecule has 1 aromatic heterocycles. The highest BCUT2D eigenvalue weighted by atomic mass is 19.4. The van der Waals surface area contributed by atoms with Gasteiger partial charge in [0.15, 0.2) is 0 Å². The first kappa shape index (κ1) is 17.3. The minimum absolute atomic E-state index is 0.0129. The second kappa shape index (κ2) is 6.32. The minimum atomic E-state index is -4.56. The maximum atomic E-state index is 12.8. The molecule has 0 aliphatic rings. The summed E-state index contributed by atoms with van der Waals surface area (Å²) in [5.74, 6) is -0.467. The number of carbonyl (C=O) groups is 1. The summed E-state index contributed by atoms with van der Waals surface area (Å²) in [7, 11) is 1.61. The van der Waals surface area contributed by atoms with Crippen LogP contribution in [0.2, 0.25) is 0 Å². The Hall–Kier alpha value is -1.79. The van der Waals surface area contributed by atoms with E-state index in [-0.39, 0.29) is 17.4 Å². The molecule has 1 amide bonds. The number of alkyl halides is 3. The predicted octanol–water partition coefficient (Wildman–Crippen LogP) is 3.07. The molecule has 0 radical (unpaired) electrons. The van der Waals surface area contributed by atoms with Gasteiger partial charge in [0.1, 0.15) is 11.5 Å². The van der Waals surface area contributed by atoms with Crippen molar-refractivity contribution in [3.63, 3.8) is 0 Å². The van der Waals surface area contributed by atoms with Gasteiger partial charge in [-0.15, -0.1) is 0 Å². The molecule has 4 nitrogen and oxygen atoms in total. The summed E-state index contributed by atoms with van der Waals surface area (Å²) < 4.78 is 38.3. The second-order valence-corrected chi connectivity index (χ2v) is 5.52. The normalized spacial score (nSPS) is 13.3. The maximum absolute atomic E-state index is 12.8. The van der Waals surface area contributed by atoms with Crippen molar-refractivity contribution in [3.05, 3.63) is 23.4 Å². The fourth-order valence-corrected chi connectivity index (χ4v) is 2.12. The van der Waals surface area contributed by atoms with Gasteiger partial charge in [0.25, 0.3) is 5.91 Å². The Morgan fingerprint density at radius 3 is 2.33 bits per heavy atom. The summed E-state index contributed by atoms with van der Waals surface area (Å²) in [6, 6.07) is 1.77. The molecule has 0 aliphatic heterocycles. The van der Waals surface area contributed by atoms with Crippen LogP contribution in [0.3, 0.4) is 0 Å². The monoisotopic (exact) mass is 303 g/mol. The number of nitrogens with zero attached hydrogens (tertiary/aromatic N) is 2. The van der Waals surface area contributed by atoms with Crippen LogP contribution in [-0.4, -0.2) is 24.0 Å². The number of hydrogen-bond donors (Lipinski definition) is 1. The molecule has 0 spiro atoms. The van der Waals surface area contributed by atoms with Gasteiger partial charge in [0.05, 0.1) is 5.56 Å². The molecule has 1 rings (SSSR count). The van der Waals surface area contributed by atoms with Crippen molar-refractivity contribution in [3.8, 4) is 0 Å². The maximum Gasteiger partial charge on any atom is 0.433 e. The highest BCUT2D eigenvalue weighted by molar-refractivity contribution is 5.97. The van der Waals surface area contributed by atoms with E-state index in [1.165, 1.54) is 0 Å². The lowest BCUT2D eigenvalue weighted by Gasteiger charge is -2.29. The van der Waals surface area contributed by atoms with Crippen molar-refractivity contribution >= 4 is 11.7 Å². The molecule has 1 unspecified atom stereocenters. The van der Waals surface area contributed by atoms with E-state index in [2.05, 4.69) is 4.98 Å². The first-order valence-corrected chi connectivity index (χ1v) is 6.65. The van der Waals surface area contributed by atoms with Gasteiger partial charge in [-0.2, -0.15) is 13.2 Å². The van der Waals surface area contributed by atoms with Crippen molar-refractivity contribution in [1.82, 2.24) is 4.98 Å². The van der Waals surface area contributed by atoms with Crippen LogP contribution in [0.5, 0.6) is 0 Å². The highest BCUT2D eigenvalue weighted by Crippen LogP contribution is 2.31. The third-order valence-electron chi connectivity index (χ3n) is 3.24. The molecule has 1 atom stereocenters. The summed E-state index contributed by atoms with van der Waals surface area (Å²) in [5, 5.41) is 0.